The van der Waals surface area contributed by atoms with E-state index in [1.165, 1.54) is 5.69 Å². The lowest BCUT2D eigenvalue weighted by molar-refractivity contribution is -0.0167. The Morgan fingerprint density at radius 1 is 1.47 bits per heavy atom. The maximum absolute atomic E-state index is 9.69. The lowest BCUT2D eigenvalue weighted by Crippen LogP contribution is -2.35. The highest BCUT2D eigenvalue weighted by atomic mass is 79.9. The smallest absolute Gasteiger partial charge is 0.0738 e. The molecule has 5 heteroatoms. The van der Waals surface area contributed by atoms with E-state index in [0.29, 0.717) is 0 Å². The molecule has 4 nitrogen and oxygen atoms in total. The van der Waals surface area contributed by atoms with Crippen LogP contribution < -0.4 is 0 Å². The quantitative estimate of drug-likeness (QED) is 0.926. The van der Waals surface area contributed by atoms with Crippen LogP contribution in [0.4, 0.5) is 0 Å². The number of aryl methyl sites for hydroxylation is 2. The second-order valence-electron chi connectivity index (χ2n) is 4.92. The lowest BCUT2D eigenvalue weighted by Gasteiger charge is -2.35. The van der Waals surface area contributed by atoms with Gasteiger partial charge in [0.15, 0.2) is 0 Å². The topological polar surface area (TPSA) is 47.3 Å². The molecule has 17 heavy (non-hydrogen) atoms. The zero-order chi connectivity index (χ0) is 12.5. The molecule has 96 valence electrons. The molecule has 1 aliphatic rings. The van der Waals surface area contributed by atoms with Crippen molar-refractivity contribution in [1.29, 1.82) is 0 Å². The number of aromatic nitrogens is 2. The molecule has 0 saturated carbocycles. The Bertz CT molecular complexity index is 397. The summed E-state index contributed by atoms with van der Waals surface area (Å²) in [6.07, 6.45) is 2.69. The third-order valence-corrected chi connectivity index (χ3v) is 4.72. The van der Waals surface area contributed by atoms with E-state index in [4.69, 9.17) is 4.74 Å². The highest BCUT2D eigenvalue weighted by Crippen LogP contribution is 2.36. The molecule has 2 rings (SSSR count). The Balaban J connectivity index is 2.23. The first kappa shape index (κ1) is 13.1. The minimum absolute atomic E-state index is 0.0407. The van der Waals surface area contributed by atoms with Gasteiger partial charge in [-0.25, -0.2) is 0 Å². The van der Waals surface area contributed by atoms with Crippen LogP contribution in [0.1, 0.15) is 24.2 Å². The van der Waals surface area contributed by atoms with Crippen molar-refractivity contribution < 1.29 is 9.84 Å². The van der Waals surface area contributed by atoms with Gasteiger partial charge in [-0.3, -0.25) is 4.68 Å². The first-order valence-electron chi connectivity index (χ1n) is 5.94. The fourth-order valence-corrected chi connectivity index (χ4v) is 2.90. The SMILES string of the molecule is Cc1nn(C)c(CC2(CO)CCOCC2)c1Br. The van der Waals surface area contributed by atoms with Gasteiger partial charge in [0, 0.05) is 32.3 Å². The number of nitrogens with zero attached hydrogens (tertiary/aromatic N) is 2. The number of halogens is 1. The molecular weight excluding hydrogens is 284 g/mol. The molecule has 0 atom stereocenters. The molecule has 1 aromatic heterocycles. The fourth-order valence-electron chi connectivity index (χ4n) is 2.42. The number of aliphatic hydroxyl groups excluding tert-OH is 1. The van der Waals surface area contributed by atoms with Crippen LogP contribution >= 0.6 is 15.9 Å². The summed E-state index contributed by atoms with van der Waals surface area (Å²) in [5, 5.41) is 14.1. The first-order valence-corrected chi connectivity index (χ1v) is 6.74. The summed E-state index contributed by atoms with van der Waals surface area (Å²) in [7, 11) is 1.96. The minimum Gasteiger partial charge on any atom is -0.396 e. The van der Waals surface area contributed by atoms with Gasteiger partial charge in [0.25, 0.3) is 0 Å². The molecule has 1 aromatic rings. The normalized spacial score (nSPS) is 19.5. The predicted octanol–water partition coefficient (Wildman–Crippen LogP) is 1.82. The number of hydrogen-bond acceptors (Lipinski definition) is 3. The Morgan fingerprint density at radius 3 is 2.59 bits per heavy atom. The third kappa shape index (κ3) is 2.56. The molecule has 1 saturated heterocycles. The van der Waals surface area contributed by atoms with Crippen LogP contribution in [-0.2, 0) is 18.2 Å². The second kappa shape index (κ2) is 5.08. The molecule has 0 amide bonds. The van der Waals surface area contributed by atoms with Crippen molar-refractivity contribution in [3.05, 3.63) is 15.9 Å². The van der Waals surface area contributed by atoms with Crippen molar-refractivity contribution in [1.82, 2.24) is 9.78 Å². The number of rotatable bonds is 3. The third-order valence-electron chi connectivity index (χ3n) is 3.69. The van der Waals surface area contributed by atoms with Gasteiger partial charge in [0.2, 0.25) is 0 Å². The summed E-state index contributed by atoms with van der Waals surface area (Å²) in [6.45, 7) is 3.69. The van der Waals surface area contributed by atoms with Gasteiger partial charge in [-0.1, -0.05) is 0 Å². The van der Waals surface area contributed by atoms with Gasteiger partial charge < -0.3 is 9.84 Å². The van der Waals surface area contributed by atoms with Crippen LogP contribution in [0.2, 0.25) is 0 Å². The molecular formula is C12H19BrN2O2. The molecule has 0 aromatic carbocycles. The second-order valence-corrected chi connectivity index (χ2v) is 5.71. The summed E-state index contributed by atoms with van der Waals surface area (Å²) in [6, 6.07) is 0. The summed E-state index contributed by atoms with van der Waals surface area (Å²) < 4.78 is 8.36. The van der Waals surface area contributed by atoms with E-state index < -0.39 is 0 Å². The average molecular weight is 303 g/mol. The van der Waals surface area contributed by atoms with Crippen LogP contribution in [0.5, 0.6) is 0 Å². The highest BCUT2D eigenvalue weighted by Gasteiger charge is 2.34. The van der Waals surface area contributed by atoms with Crippen molar-refractivity contribution in [3.8, 4) is 0 Å². The minimum atomic E-state index is -0.0407. The van der Waals surface area contributed by atoms with Crippen molar-refractivity contribution in [2.45, 2.75) is 26.2 Å². The predicted molar refractivity (Wildman–Crippen MR) is 68.9 cm³/mol. The Labute approximate surface area is 110 Å². The van der Waals surface area contributed by atoms with Gasteiger partial charge in [0.1, 0.15) is 0 Å². The lowest BCUT2D eigenvalue weighted by atomic mass is 9.77. The number of hydrogen-bond donors (Lipinski definition) is 1. The van der Waals surface area contributed by atoms with Crippen LogP contribution in [-0.4, -0.2) is 34.7 Å². The van der Waals surface area contributed by atoms with Gasteiger partial charge in [0.05, 0.1) is 15.9 Å². The van der Waals surface area contributed by atoms with Crippen molar-refractivity contribution in [3.63, 3.8) is 0 Å². The van der Waals surface area contributed by atoms with Crippen LogP contribution in [0.25, 0.3) is 0 Å². The van der Waals surface area contributed by atoms with E-state index in [-0.39, 0.29) is 12.0 Å². The van der Waals surface area contributed by atoms with E-state index in [1.54, 1.807) is 0 Å². The molecule has 0 radical (unpaired) electrons. The maximum atomic E-state index is 9.69. The van der Waals surface area contributed by atoms with Crippen molar-refractivity contribution in [2.75, 3.05) is 19.8 Å². The van der Waals surface area contributed by atoms with Crippen molar-refractivity contribution in [2.24, 2.45) is 12.5 Å². The van der Waals surface area contributed by atoms with Crippen LogP contribution in [0.15, 0.2) is 4.47 Å². The highest BCUT2D eigenvalue weighted by molar-refractivity contribution is 9.10. The van der Waals surface area contributed by atoms with E-state index >= 15 is 0 Å². The molecule has 1 N–H and O–H groups in total. The molecule has 1 fully saturated rings. The molecule has 0 spiro atoms. The Morgan fingerprint density at radius 2 is 2.12 bits per heavy atom. The number of ether oxygens (including phenoxy) is 1. The summed E-state index contributed by atoms with van der Waals surface area (Å²) in [5.41, 5.74) is 2.13. The molecule has 0 unspecified atom stereocenters. The van der Waals surface area contributed by atoms with E-state index in [2.05, 4.69) is 21.0 Å². The summed E-state index contributed by atoms with van der Waals surface area (Å²) in [5.74, 6) is 0. The standard InChI is InChI=1S/C12H19BrN2O2/c1-9-11(13)10(15(2)14-9)7-12(8-16)3-5-17-6-4-12/h16H,3-8H2,1-2H3. The van der Waals surface area contributed by atoms with Gasteiger partial charge in [-0.15, -0.1) is 0 Å². The van der Waals surface area contributed by atoms with Gasteiger partial charge >= 0.3 is 0 Å². The summed E-state index contributed by atoms with van der Waals surface area (Å²) in [4.78, 5) is 0. The molecule has 0 bridgehead atoms. The zero-order valence-corrected chi connectivity index (χ0v) is 12.0. The van der Waals surface area contributed by atoms with Gasteiger partial charge in [-0.2, -0.15) is 5.10 Å². The monoisotopic (exact) mass is 302 g/mol. The average Bonchev–Trinajstić information content (AvgIpc) is 2.57. The molecule has 0 aliphatic carbocycles. The fraction of sp³-hybridized carbons (Fsp3) is 0.750. The molecule has 2 heterocycles. The molecule has 1 aliphatic heterocycles. The largest absolute Gasteiger partial charge is 0.396 e. The van der Waals surface area contributed by atoms with E-state index in [0.717, 1.165) is 42.6 Å². The number of aliphatic hydroxyl groups is 1. The van der Waals surface area contributed by atoms with Crippen molar-refractivity contribution >= 4 is 15.9 Å². The van der Waals surface area contributed by atoms with Gasteiger partial charge in [-0.05, 0) is 42.1 Å². The summed E-state index contributed by atoms with van der Waals surface area (Å²) >= 11 is 3.58. The first-order chi connectivity index (χ1) is 8.08. The Kier molecular flexibility index (Phi) is 3.90. The van der Waals surface area contributed by atoms with Crippen LogP contribution in [0.3, 0.4) is 0 Å². The van der Waals surface area contributed by atoms with E-state index in [9.17, 15) is 5.11 Å². The van der Waals surface area contributed by atoms with Crippen LogP contribution in [0, 0.1) is 12.3 Å². The van der Waals surface area contributed by atoms with E-state index in [1.807, 2.05) is 18.7 Å². The Hall–Kier alpha value is -0.390. The maximum Gasteiger partial charge on any atom is 0.0738 e. The zero-order valence-electron chi connectivity index (χ0n) is 10.4.